The van der Waals surface area contributed by atoms with E-state index in [0.29, 0.717) is 5.56 Å². The van der Waals surface area contributed by atoms with Crippen molar-refractivity contribution in [1.29, 1.82) is 0 Å². The summed E-state index contributed by atoms with van der Waals surface area (Å²) in [6, 6.07) is 9.28. The molecule has 2 rings (SSSR count). The van der Waals surface area contributed by atoms with Crippen molar-refractivity contribution in [3.8, 4) is 0 Å². The maximum atomic E-state index is 12.2. The minimum absolute atomic E-state index is 0.0255. The first kappa shape index (κ1) is 10.9. The monoisotopic (exact) mass is 216 g/mol. The van der Waals surface area contributed by atoms with Crippen molar-refractivity contribution in [2.24, 2.45) is 5.10 Å². The molecule has 0 aromatic heterocycles. The van der Waals surface area contributed by atoms with Crippen molar-refractivity contribution in [2.75, 3.05) is 0 Å². The van der Waals surface area contributed by atoms with Gasteiger partial charge in [0.1, 0.15) is 0 Å². The molecule has 1 amide bonds. The molecule has 0 bridgehead atoms. The third-order valence-electron chi connectivity index (χ3n) is 2.75. The highest BCUT2D eigenvalue weighted by Gasteiger charge is 2.36. The number of carbonyl (C=O) groups is 1. The van der Waals surface area contributed by atoms with Crippen LogP contribution in [0.4, 0.5) is 0 Å². The Bertz CT molecular complexity index is 435. The van der Waals surface area contributed by atoms with Gasteiger partial charge >= 0.3 is 0 Å². The smallest absolute Gasteiger partial charge is 0.267 e. The van der Waals surface area contributed by atoms with Crippen molar-refractivity contribution in [3.63, 3.8) is 0 Å². The van der Waals surface area contributed by atoms with Gasteiger partial charge in [0.05, 0.1) is 5.54 Å². The third kappa shape index (κ3) is 1.85. The van der Waals surface area contributed by atoms with Gasteiger partial charge in [-0.25, -0.2) is 5.01 Å². The van der Waals surface area contributed by atoms with Crippen LogP contribution >= 0.6 is 0 Å². The van der Waals surface area contributed by atoms with Crippen molar-refractivity contribution in [1.82, 2.24) is 5.01 Å². The Morgan fingerprint density at radius 2 is 1.94 bits per heavy atom. The first-order valence-electron chi connectivity index (χ1n) is 5.44. The van der Waals surface area contributed by atoms with Crippen LogP contribution in [0.2, 0.25) is 0 Å². The average molecular weight is 216 g/mol. The summed E-state index contributed by atoms with van der Waals surface area (Å²) >= 11 is 0. The molecule has 84 valence electrons. The van der Waals surface area contributed by atoms with Crippen molar-refractivity contribution < 1.29 is 4.79 Å². The van der Waals surface area contributed by atoms with Gasteiger partial charge in [-0.05, 0) is 32.9 Å². The number of hydrogen-bond donors (Lipinski definition) is 0. The number of amides is 1. The van der Waals surface area contributed by atoms with Crippen LogP contribution in [-0.2, 0) is 0 Å². The molecule has 0 fully saturated rings. The van der Waals surface area contributed by atoms with Gasteiger partial charge in [-0.2, -0.15) is 5.10 Å². The van der Waals surface area contributed by atoms with Crippen LogP contribution in [0.1, 0.15) is 37.6 Å². The lowest BCUT2D eigenvalue weighted by atomic mass is 9.98. The SMILES string of the molecule is CC1=NN(C(=O)c2ccccc2)C(C)(C)C1. The van der Waals surface area contributed by atoms with E-state index in [1.807, 2.05) is 51.1 Å². The topological polar surface area (TPSA) is 32.7 Å². The molecule has 16 heavy (non-hydrogen) atoms. The molecule has 1 aliphatic heterocycles. The van der Waals surface area contributed by atoms with Gasteiger partial charge in [0.15, 0.2) is 0 Å². The van der Waals surface area contributed by atoms with Crippen LogP contribution in [0.25, 0.3) is 0 Å². The second-order valence-corrected chi connectivity index (χ2v) is 4.81. The number of rotatable bonds is 1. The first-order chi connectivity index (χ1) is 7.50. The average Bonchev–Trinajstić information content (AvgIpc) is 2.52. The number of nitrogens with zero attached hydrogens (tertiary/aromatic N) is 2. The number of hydrogen-bond acceptors (Lipinski definition) is 2. The van der Waals surface area contributed by atoms with E-state index < -0.39 is 0 Å². The van der Waals surface area contributed by atoms with E-state index in [1.54, 1.807) is 5.01 Å². The normalized spacial score (nSPS) is 18.4. The lowest BCUT2D eigenvalue weighted by Gasteiger charge is -2.28. The van der Waals surface area contributed by atoms with E-state index in [-0.39, 0.29) is 11.4 Å². The Balaban J connectivity index is 2.30. The van der Waals surface area contributed by atoms with Crippen LogP contribution < -0.4 is 0 Å². The molecule has 3 nitrogen and oxygen atoms in total. The van der Waals surface area contributed by atoms with Gasteiger partial charge < -0.3 is 0 Å². The second-order valence-electron chi connectivity index (χ2n) is 4.81. The summed E-state index contributed by atoms with van der Waals surface area (Å²) in [5.41, 5.74) is 1.49. The number of carbonyl (C=O) groups excluding carboxylic acids is 1. The van der Waals surface area contributed by atoms with Crippen LogP contribution in [0.3, 0.4) is 0 Å². The lowest BCUT2D eigenvalue weighted by molar-refractivity contribution is 0.0612. The Morgan fingerprint density at radius 3 is 2.44 bits per heavy atom. The molecule has 0 radical (unpaired) electrons. The zero-order valence-electron chi connectivity index (χ0n) is 9.90. The molecular formula is C13H16N2O. The minimum Gasteiger partial charge on any atom is -0.267 e. The van der Waals surface area contributed by atoms with Gasteiger partial charge in [0, 0.05) is 17.7 Å². The minimum atomic E-state index is -0.211. The van der Waals surface area contributed by atoms with Gasteiger partial charge in [0.2, 0.25) is 0 Å². The molecule has 0 unspecified atom stereocenters. The summed E-state index contributed by atoms with van der Waals surface area (Å²) in [4.78, 5) is 12.2. The summed E-state index contributed by atoms with van der Waals surface area (Å²) in [6.07, 6.45) is 0.839. The van der Waals surface area contributed by atoms with Gasteiger partial charge in [-0.1, -0.05) is 18.2 Å². The summed E-state index contributed by atoms with van der Waals surface area (Å²) in [5, 5.41) is 5.91. The highest BCUT2D eigenvalue weighted by molar-refractivity contribution is 5.97. The summed E-state index contributed by atoms with van der Waals surface area (Å²) in [6.45, 7) is 6.03. The van der Waals surface area contributed by atoms with E-state index in [1.165, 1.54) is 0 Å². The highest BCUT2D eigenvalue weighted by atomic mass is 16.2. The standard InChI is InChI=1S/C13H16N2O/c1-10-9-13(2,3)15(14-10)12(16)11-7-5-4-6-8-11/h4-8H,9H2,1-3H3. The van der Waals surface area contributed by atoms with Gasteiger partial charge in [-0.3, -0.25) is 4.79 Å². The summed E-state index contributed by atoms with van der Waals surface area (Å²) in [5.74, 6) is -0.0255. The number of benzene rings is 1. The van der Waals surface area contributed by atoms with Crippen molar-refractivity contribution >= 4 is 11.6 Å². The summed E-state index contributed by atoms with van der Waals surface area (Å²) < 4.78 is 0. The van der Waals surface area contributed by atoms with Crippen LogP contribution in [-0.4, -0.2) is 22.2 Å². The Kier molecular flexibility index (Phi) is 2.54. The predicted octanol–water partition coefficient (Wildman–Crippen LogP) is 2.69. The third-order valence-corrected chi connectivity index (χ3v) is 2.75. The molecule has 1 heterocycles. The molecular weight excluding hydrogens is 200 g/mol. The molecule has 0 saturated carbocycles. The maximum Gasteiger partial charge on any atom is 0.274 e. The molecule has 0 aliphatic carbocycles. The molecule has 1 aromatic rings. The molecule has 0 atom stereocenters. The highest BCUT2D eigenvalue weighted by Crippen LogP contribution is 2.28. The Morgan fingerprint density at radius 1 is 1.31 bits per heavy atom. The Hall–Kier alpha value is -1.64. The quantitative estimate of drug-likeness (QED) is 0.710. The summed E-state index contributed by atoms with van der Waals surface area (Å²) in [7, 11) is 0. The molecule has 1 aliphatic rings. The van der Waals surface area contributed by atoms with E-state index in [4.69, 9.17) is 0 Å². The largest absolute Gasteiger partial charge is 0.274 e. The molecule has 0 spiro atoms. The second kappa shape index (κ2) is 3.74. The van der Waals surface area contributed by atoms with E-state index in [0.717, 1.165) is 12.1 Å². The fraction of sp³-hybridized carbons (Fsp3) is 0.385. The zero-order valence-corrected chi connectivity index (χ0v) is 9.90. The van der Waals surface area contributed by atoms with Crippen molar-refractivity contribution in [2.45, 2.75) is 32.7 Å². The van der Waals surface area contributed by atoms with Crippen LogP contribution in [0.5, 0.6) is 0 Å². The molecule has 0 saturated heterocycles. The first-order valence-corrected chi connectivity index (χ1v) is 5.44. The fourth-order valence-electron chi connectivity index (χ4n) is 2.07. The lowest BCUT2D eigenvalue weighted by Crippen LogP contribution is -2.40. The molecule has 1 aromatic carbocycles. The molecule has 0 N–H and O–H groups in total. The zero-order chi connectivity index (χ0) is 11.8. The van der Waals surface area contributed by atoms with E-state index in [2.05, 4.69) is 5.10 Å². The van der Waals surface area contributed by atoms with E-state index in [9.17, 15) is 4.79 Å². The maximum absolute atomic E-state index is 12.2. The number of hydrazone groups is 1. The van der Waals surface area contributed by atoms with Gasteiger partial charge in [-0.15, -0.1) is 0 Å². The van der Waals surface area contributed by atoms with E-state index >= 15 is 0 Å². The Labute approximate surface area is 95.8 Å². The van der Waals surface area contributed by atoms with Crippen LogP contribution in [0.15, 0.2) is 35.4 Å². The van der Waals surface area contributed by atoms with Gasteiger partial charge in [0.25, 0.3) is 5.91 Å². The van der Waals surface area contributed by atoms with Crippen molar-refractivity contribution in [3.05, 3.63) is 35.9 Å². The fourth-order valence-corrected chi connectivity index (χ4v) is 2.07. The predicted molar refractivity (Wildman–Crippen MR) is 64.4 cm³/mol. The van der Waals surface area contributed by atoms with Crippen LogP contribution in [0, 0.1) is 0 Å². The molecule has 3 heteroatoms.